The van der Waals surface area contributed by atoms with Crippen LogP contribution in [0.5, 0.6) is 0 Å². The zero-order valence-electron chi connectivity index (χ0n) is 9.58. The van der Waals surface area contributed by atoms with Crippen LogP contribution >= 0.6 is 15.9 Å². The van der Waals surface area contributed by atoms with Gasteiger partial charge in [-0.05, 0) is 35.0 Å². The van der Waals surface area contributed by atoms with Gasteiger partial charge in [0.1, 0.15) is 11.6 Å². The monoisotopic (exact) mass is 313 g/mol. The molecule has 0 radical (unpaired) electrons. The Morgan fingerprint density at radius 2 is 2.00 bits per heavy atom. The predicted octanol–water partition coefficient (Wildman–Crippen LogP) is 3.25. The molecule has 0 saturated carbocycles. The summed E-state index contributed by atoms with van der Waals surface area (Å²) in [5.74, 6) is -1.28. The SMILES string of the molecule is Cc1cc(Br)cn(Cc2ccc(F)cc2F)c1=O. The summed E-state index contributed by atoms with van der Waals surface area (Å²) in [4.78, 5) is 11.8. The first-order chi connectivity index (χ1) is 8.47. The van der Waals surface area contributed by atoms with E-state index in [-0.39, 0.29) is 17.7 Å². The zero-order chi connectivity index (χ0) is 13.3. The van der Waals surface area contributed by atoms with E-state index in [0.717, 1.165) is 10.5 Å². The van der Waals surface area contributed by atoms with Gasteiger partial charge in [0.25, 0.3) is 5.56 Å². The summed E-state index contributed by atoms with van der Waals surface area (Å²) in [6, 6.07) is 5.02. The molecule has 94 valence electrons. The summed E-state index contributed by atoms with van der Waals surface area (Å²) in [5, 5.41) is 0. The number of benzene rings is 1. The molecule has 0 saturated heterocycles. The van der Waals surface area contributed by atoms with Crippen LogP contribution in [0.15, 0.2) is 39.7 Å². The van der Waals surface area contributed by atoms with Gasteiger partial charge in [-0.1, -0.05) is 6.07 Å². The van der Waals surface area contributed by atoms with Gasteiger partial charge < -0.3 is 4.57 Å². The molecule has 2 rings (SSSR count). The molecule has 1 aromatic heterocycles. The standard InChI is InChI=1S/C13H10BrF2NO/c1-8-4-10(14)7-17(13(8)18)6-9-2-3-11(15)5-12(9)16/h2-5,7H,6H2,1H3. The lowest BCUT2D eigenvalue weighted by Gasteiger charge is -2.08. The first-order valence-electron chi connectivity index (χ1n) is 5.28. The topological polar surface area (TPSA) is 22.0 Å². The van der Waals surface area contributed by atoms with Crippen molar-refractivity contribution in [2.45, 2.75) is 13.5 Å². The Bertz CT molecular complexity index is 652. The fraction of sp³-hybridized carbons (Fsp3) is 0.154. The molecule has 18 heavy (non-hydrogen) atoms. The second-order valence-corrected chi connectivity index (χ2v) is 4.93. The summed E-state index contributed by atoms with van der Waals surface area (Å²) in [6.07, 6.45) is 1.58. The number of hydrogen-bond acceptors (Lipinski definition) is 1. The molecule has 5 heteroatoms. The van der Waals surface area contributed by atoms with Gasteiger partial charge in [0.15, 0.2) is 0 Å². The molecule has 2 nitrogen and oxygen atoms in total. The lowest BCUT2D eigenvalue weighted by molar-refractivity contribution is 0.564. The lowest BCUT2D eigenvalue weighted by atomic mass is 10.2. The van der Waals surface area contributed by atoms with Gasteiger partial charge in [0, 0.05) is 27.9 Å². The van der Waals surface area contributed by atoms with Gasteiger partial charge in [0.05, 0.1) is 6.54 Å². The van der Waals surface area contributed by atoms with E-state index in [1.165, 1.54) is 16.7 Å². The third kappa shape index (κ3) is 2.67. The molecule has 0 aliphatic carbocycles. The molecule has 0 aliphatic rings. The first kappa shape index (κ1) is 13.0. The van der Waals surface area contributed by atoms with Crippen LogP contribution in [0.25, 0.3) is 0 Å². The third-order valence-electron chi connectivity index (χ3n) is 2.59. The van der Waals surface area contributed by atoms with Crippen molar-refractivity contribution in [3.63, 3.8) is 0 Å². The molecular weight excluding hydrogens is 304 g/mol. The number of hydrogen-bond donors (Lipinski definition) is 0. The lowest BCUT2D eigenvalue weighted by Crippen LogP contribution is -2.22. The maximum Gasteiger partial charge on any atom is 0.253 e. The van der Waals surface area contributed by atoms with Gasteiger partial charge in [-0.2, -0.15) is 0 Å². The summed E-state index contributed by atoms with van der Waals surface area (Å²) < 4.78 is 28.4. The van der Waals surface area contributed by atoms with Gasteiger partial charge in [-0.3, -0.25) is 4.79 Å². The van der Waals surface area contributed by atoms with Crippen LogP contribution in [0.1, 0.15) is 11.1 Å². The average Bonchev–Trinajstić information content (AvgIpc) is 2.29. The van der Waals surface area contributed by atoms with Crippen molar-refractivity contribution in [1.82, 2.24) is 4.57 Å². The largest absolute Gasteiger partial charge is 0.310 e. The second kappa shape index (κ2) is 5.02. The van der Waals surface area contributed by atoms with Crippen LogP contribution in [-0.2, 0) is 6.54 Å². The van der Waals surface area contributed by atoms with Crippen LogP contribution in [0.3, 0.4) is 0 Å². The van der Waals surface area contributed by atoms with E-state index in [4.69, 9.17) is 0 Å². The first-order valence-corrected chi connectivity index (χ1v) is 6.07. The quantitative estimate of drug-likeness (QED) is 0.834. The van der Waals surface area contributed by atoms with Gasteiger partial charge in [0.2, 0.25) is 0 Å². The van der Waals surface area contributed by atoms with Crippen LogP contribution in [0, 0.1) is 18.6 Å². The van der Waals surface area contributed by atoms with Gasteiger partial charge in [-0.25, -0.2) is 8.78 Å². The molecule has 0 fully saturated rings. The summed E-state index contributed by atoms with van der Waals surface area (Å²) >= 11 is 3.28. The highest BCUT2D eigenvalue weighted by molar-refractivity contribution is 9.10. The third-order valence-corrected chi connectivity index (χ3v) is 3.02. The number of aromatic nitrogens is 1. The summed E-state index contributed by atoms with van der Waals surface area (Å²) in [5.41, 5.74) is 0.643. The highest BCUT2D eigenvalue weighted by Gasteiger charge is 2.07. The van der Waals surface area contributed by atoms with E-state index in [1.54, 1.807) is 19.2 Å². The molecule has 0 atom stereocenters. The van der Waals surface area contributed by atoms with Crippen LogP contribution in [-0.4, -0.2) is 4.57 Å². The fourth-order valence-electron chi connectivity index (χ4n) is 1.69. The molecular formula is C13H10BrF2NO. The van der Waals surface area contributed by atoms with Crippen molar-refractivity contribution in [2.24, 2.45) is 0 Å². The molecule has 0 N–H and O–H groups in total. The minimum absolute atomic E-state index is 0.0746. The second-order valence-electron chi connectivity index (χ2n) is 4.01. The average molecular weight is 314 g/mol. The smallest absolute Gasteiger partial charge is 0.253 e. The molecule has 1 aromatic carbocycles. The van der Waals surface area contributed by atoms with E-state index in [0.29, 0.717) is 5.56 Å². The Balaban J connectivity index is 2.43. The minimum Gasteiger partial charge on any atom is -0.310 e. The van der Waals surface area contributed by atoms with Crippen molar-refractivity contribution in [3.05, 3.63) is 68.1 Å². The Labute approximate surface area is 111 Å². The zero-order valence-corrected chi connectivity index (χ0v) is 11.2. The van der Waals surface area contributed by atoms with Crippen LogP contribution in [0.4, 0.5) is 8.78 Å². The van der Waals surface area contributed by atoms with Crippen molar-refractivity contribution in [3.8, 4) is 0 Å². The van der Waals surface area contributed by atoms with Gasteiger partial charge >= 0.3 is 0 Å². The highest BCUT2D eigenvalue weighted by atomic mass is 79.9. The number of nitrogens with zero attached hydrogens (tertiary/aromatic N) is 1. The maximum absolute atomic E-state index is 13.5. The van der Waals surface area contributed by atoms with E-state index < -0.39 is 11.6 Å². The van der Waals surface area contributed by atoms with Crippen LogP contribution < -0.4 is 5.56 Å². The summed E-state index contributed by atoms with van der Waals surface area (Å²) in [7, 11) is 0. The summed E-state index contributed by atoms with van der Waals surface area (Å²) in [6.45, 7) is 1.76. The number of pyridine rings is 1. The molecule has 0 spiro atoms. The van der Waals surface area contributed by atoms with Crippen molar-refractivity contribution >= 4 is 15.9 Å². The van der Waals surface area contributed by atoms with E-state index in [2.05, 4.69) is 15.9 Å². The molecule has 0 aliphatic heterocycles. The number of rotatable bonds is 2. The molecule has 0 amide bonds. The molecule has 1 heterocycles. The molecule has 0 unspecified atom stereocenters. The minimum atomic E-state index is -0.653. The maximum atomic E-state index is 13.5. The van der Waals surface area contributed by atoms with E-state index >= 15 is 0 Å². The highest BCUT2D eigenvalue weighted by Crippen LogP contribution is 2.13. The van der Waals surface area contributed by atoms with Crippen molar-refractivity contribution < 1.29 is 8.78 Å². The Morgan fingerprint density at radius 1 is 1.28 bits per heavy atom. The number of aryl methyl sites for hydroxylation is 1. The predicted molar refractivity (Wildman–Crippen MR) is 68.6 cm³/mol. The number of halogens is 3. The van der Waals surface area contributed by atoms with E-state index in [9.17, 15) is 13.6 Å². The Morgan fingerprint density at radius 3 is 2.67 bits per heavy atom. The van der Waals surface area contributed by atoms with Crippen molar-refractivity contribution in [2.75, 3.05) is 0 Å². The Hall–Kier alpha value is -1.49. The van der Waals surface area contributed by atoms with Crippen molar-refractivity contribution in [1.29, 1.82) is 0 Å². The van der Waals surface area contributed by atoms with Gasteiger partial charge in [-0.15, -0.1) is 0 Å². The van der Waals surface area contributed by atoms with Crippen LogP contribution in [0.2, 0.25) is 0 Å². The molecule has 0 bridgehead atoms. The Kier molecular flexibility index (Phi) is 3.61. The normalized spacial score (nSPS) is 10.7. The fourth-order valence-corrected chi connectivity index (χ4v) is 2.28. The molecule has 2 aromatic rings. The van der Waals surface area contributed by atoms with E-state index in [1.807, 2.05) is 0 Å².